The van der Waals surface area contributed by atoms with Crippen molar-refractivity contribution < 1.29 is 4.52 Å². The second kappa shape index (κ2) is 6.40. The molecule has 4 rings (SSSR count). The monoisotopic (exact) mass is 325 g/mol. The lowest BCUT2D eigenvalue weighted by molar-refractivity contribution is 0.218. The highest BCUT2D eigenvalue weighted by Gasteiger charge is 2.22. The van der Waals surface area contributed by atoms with Crippen molar-refractivity contribution in [2.24, 2.45) is 0 Å². The zero-order chi connectivity index (χ0) is 16.4. The predicted octanol–water partition coefficient (Wildman–Crippen LogP) is 1.28. The molecule has 0 bridgehead atoms. The van der Waals surface area contributed by atoms with Crippen molar-refractivity contribution in [3.8, 4) is 5.69 Å². The number of para-hydroxylation sites is 1. The van der Waals surface area contributed by atoms with Crippen LogP contribution in [0.4, 0.5) is 5.95 Å². The van der Waals surface area contributed by atoms with E-state index in [1.54, 1.807) is 4.68 Å². The van der Waals surface area contributed by atoms with Crippen LogP contribution in [-0.2, 0) is 6.54 Å². The summed E-state index contributed by atoms with van der Waals surface area (Å²) in [7, 11) is 0. The maximum absolute atomic E-state index is 5.30. The summed E-state index contributed by atoms with van der Waals surface area (Å²) in [6.07, 6.45) is 0. The minimum Gasteiger partial charge on any atom is -0.360 e. The molecule has 0 saturated carbocycles. The molecule has 1 saturated heterocycles. The Bertz CT molecular complexity index is 790. The molecule has 8 heteroatoms. The fraction of sp³-hybridized carbons (Fsp3) is 0.375. The van der Waals surface area contributed by atoms with Crippen molar-refractivity contribution in [2.45, 2.75) is 13.5 Å². The van der Waals surface area contributed by atoms with E-state index in [1.165, 1.54) is 0 Å². The van der Waals surface area contributed by atoms with E-state index in [2.05, 4.69) is 30.5 Å². The van der Waals surface area contributed by atoms with Crippen LogP contribution in [0.1, 0.15) is 11.5 Å². The summed E-state index contributed by atoms with van der Waals surface area (Å²) in [6.45, 7) is 6.34. The second-order valence-corrected chi connectivity index (χ2v) is 5.92. The van der Waals surface area contributed by atoms with Gasteiger partial charge < -0.3 is 9.42 Å². The van der Waals surface area contributed by atoms with Crippen molar-refractivity contribution >= 4 is 5.95 Å². The second-order valence-electron chi connectivity index (χ2n) is 5.92. The summed E-state index contributed by atoms with van der Waals surface area (Å²) in [4.78, 5) is 4.57. The van der Waals surface area contributed by atoms with Gasteiger partial charge in [0.15, 0.2) is 5.76 Å². The molecule has 24 heavy (non-hydrogen) atoms. The van der Waals surface area contributed by atoms with Crippen LogP contribution in [0, 0.1) is 6.92 Å². The Morgan fingerprint density at radius 3 is 2.58 bits per heavy atom. The molecule has 0 amide bonds. The highest BCUT2D eigenvalue weighted by Crippen LogP contribution is 2.18. The van der Waals surface area contributed by atoms with Crippen LogP contribution in [0.15, 0.2) is 40.9 Å². The van der Waals surface area contributed by atoms with Crippen molar-refractivity contribution in [3.05, 3.63) is 47.9 Å². The third-order valence-corrected chi connectivity index (χ3v) is 4.17. The quantitative estimate of drug-likeness (QED) is 0.715. The van der Waals surface area contributed by atoms with Crippen LogP contribution in [0.25, 0.3) is 5.69 Å². The first kappa shape index (κ1) is 14.8. The van der Waals surface area contributed by atoms with E-state index in [0.717, 1.165) is 55.8 Å². The molecule has 0 unspecified atom stereocenters. The lowest BCUT2D eigenvalue weighted by atomic mass is 10.3. The number of rotatable bonds is 4. The van der Waals surface area contributed by atoms with Gasteiger partial charge in [-0.1, -0.05) is 28.5 Å². The van der Waals surface area contributed by atoms with Crippen molar-refractivity contribution in [1.82, 2.24) is 30.3 Å². The average Bonchev–Trinajstić information content (AvgIpc) is 3.26. The molecule has 124 valence electrons. The van der Waals surface area contributed by atoms with Crippen LogP contribution in [0.2, 0.25) is 0 Å². The first-order valence-electron chi connectivity index (χ1n) is 8.03. The largest absolute Gasteiger partial charge is 0.360 e. The summed E-state index contributed by atoms with van der Waals surface area (Å²) < 4.78 is 7.09. The summed E-state index contributed by atoms with van der Waals surface area (Å²) >= 11 is 0. The van der Waals surface area contributed by atoms with Crippen molar-refractivity contribution in [1.29, 1.82) is 0 Å². The Kier molecular flexibility index (Phi) is 3.96. The number of aromatic nitrogens is 5. The number of aryl methyl sites for hydroxylation is 1. The van der Waals surface area contributed by atoms with Crippen molar-refractivity contribution in [2.75, 3.05) is 31.1 Å². The summed E-state index contributed by atoms with van der Waals surface area (Å²) in [5.41, 5.74) is 1.89. The van der Waals surface area contributed by atoms with E-state index in [1.807, 2.05) is 43.3 Å². The molecule has 2 aromatic heterocycles. The molecule has 0 radical (unpaired) electrons. The molecule has 0 atom stereocenters. The predicted molar refractivity (Wildman–Crippen MR) is 87.9 cm³/mol. The maximum Gasteiger partial charge on any atom is 0.250 e. The molecule has 0 N–H and O–H groups in total. The van der Waals surface area contributed by atoms with Crippen LogP contribution in [0.3, 0.4) is 0 Å². The Balaban J connectivity index is 1.42. The number of piperazine rings is 1. The minimum atomic E-state index is 0.788. The lowest BCUT2D eigenvalue weighted by Crippen LogP contribution is -2.46. The van der Waals surface area contributed by atoms with Gasteiger partial charge in [-0.2, -0.15) is 4.68 Å². The fourth-order valence-corrected chi connectivity index (χ4v) is 2.93. The van der Waals surface area contributed by atoms with Gasteiger partial charge in [0.2, 0.25) is 5.95 Å². The molecule has 0 aliphatic carbocycles. The number of hydrogen-bond acceptors (Lipinski definition) is 7. The van der Waals surface area contributed by atoms with Gasteiger partial charge in [0.05, 0.1) is 17.9 Å². The molecule has 3 aromatic rings. The smallest absolute Gasteiger partial charge is 0.250 e. The highest BCUT2D eigenvalue weighted by molar-refractivity contribution is 5.40. The first-order chi connectivity index (χ1) is 11.8. The summed E-state index contributed by atoms with van der Waals surface area (Å²) in [6, 6.07) is 11.9. The van der Waals surface area contributed by atoms with Crippen molar-refractivity contribution in [3.63, 3.8) is 0 Å². The molecular formula is C16H19N7O. The first-order valence-corrected chi connectivity index (χ1v) is 8.03. The average molecular weight is 325 g/mol. The molecule has 0 spiro atoms. The Hall–Kier alpha value is -2.74. The third kappa shape index (κ3) is 3.00. The van der Waals surface area contributed by atoms with E-state index < -0.39 is 0 Å². The summed E-state index contributed by atoms with van der Waals surface area (Å²) in [5, 5.41) is 16.1. The number of hydrogen-bond donors (Lipinski definition) is 0. The van der Waals surface area contributed by atoms with E-state index in [9.17, 15) is 0 Å². The lowest BCUT2D eigenvalue weighted by Gasteiger charge is -2.34. The number of nitrogens with zero attached hydrogens (tertiary/aromatic N) is 7. The van der Waals surface area contributed by atoms with Gasteiger partial charge in [0, 0.05) is 32.2 Å². The minimum absolute atomic E-state index is 0.788. The maximum atomic E-state index is 5.30. The highest BCUT2D eigenvalue weighted by atomic mass is 16.5. The number of anilines is 1. The van der Waals surface area contributed by atoms with E-state index in [-0.39, 0.29) is 0 Å². The Morgan fingerprint density at radius 2 is 1.88 bits per heavy atom. The zero-order valence-electron chi connectivity index (χ0n) is 13.5. The zero-order valence-corrected chi connectivity index (χ0v) is 13.5. The molecule has 1 fully saturated rings. The van der Waals surface area contributed by atoms with Gasteiger partial charge in [0.25, 0.3) is 0 Å². The van der Waals surface area contributed by atoms with Crippen LogP contribution in [-0.4, -0.2) is 56.4 Å². The fourth-order valence-electron chi connectivity index (χ4n) is 2.93. The van der Waals surface area contributed by atoms with E-state index in [0.29, 0.717) is 0 Å². The number of benzene rings is 1. The van der Waals surface area contributed by atoms with Crippen LogP contribution < -0.4 is 4.90 Å². The van der Waals surface area contributed by atoms with Gasteiger partial charge >= 0.3 is 0 Å². The van der Waals surface area contributed by atoms with E-state index in [4.69, 9.17) is 4.52 Å². The Labute approximate surface area is 139 Å². The standard InChI is InChI=1S/C16H19N7O/c1-13-11-15(24-18-13)12-21-7-9-22(10-8-21)16-17-19-20-23(16)14-5-3-2-4-6-14/h2-6,11H,7-10,12H2,1H3. The van der Waals surface area contributed by atoms with Crippen LogP contribution in [0.5, 0.6) is 0 Å². The molecule has 1 aromatic carbocycles. The molecule has 1 aliphatic heterocycles. The topological polar surface area (TPSA) is 76.1 Å². The van der Waals surface area contributed by atoms with Gasteiger partial charge in [-0.25, -0.2) is 0 Å². The van der Waals surface area contributed by atoms with Crippen LogP contribution >= 0.6 is 0 Å². The Morgan fingerprint density at radius 1 is 1.08 bits per heavy atom. The molecule has 8 nitrogen and oxygen atoms in total. The van der Waals surface area contributed by atoms with Gasteiger partial charge in [0.1, 0.15) is 0 Å². The van der Waals surface area contributed by atoms with Gasteiger partial charge in [-0.15, -0.1) is 0 Å². The molecular weight excluding hydrogens is 306 g/mol. The van der Waals surface area contributed by atoms with E-state index >= 15 is 0 Å². The SMILES string of the molecule is Cc1cc(CN2CCN(c3nnnn3-c3ccccc3)CC2)on1. The normalized spacial score (nSPS) is 15.8. The molecule has 3 heterocycles. The van der Waals surface area contributed by atoms with Gasteiger partial charge in [-0.05, 0) is 29.5 Å². The third-order valence-electron chi connectivity index (χ3n) is 4.17. The summed E-state index contributed by atoms with van der Waals surface area (Å²) in [5.74, 6) is 1.70. The molecule has 1 aliphatic rings. The van der Waals surface area contributed by atoms with Gasteiger partial charge in [-0.3, -0.25) is 4.90 Å². The number of tetrazole rings is 1.